The van der Waals surface area contributed by atoms with Crippen LogP contribution in [0.25, 0.3) is 0 Å². The summed E-state index contributed by atoms with van der Waals surface area (Å²) in [7, 11) is -3.36. The minimum absolute atomic E-state index is 0.0600. The number of benzene rings is 1. The maximum Gasteiger partial charge on any atom is 0.315 e. The minimum Gasteiger partial charge on any atom is -0.369 e. The molecule has 2 aliphatic rings. The number of carbonyl (C=O) groups excluding carboxylic acids is 1. The molecule has 0 atom stereocenters. The van der Waals surface area contributed by atoms with E-state index in [9.17, 15) is 13.2 Å². The Labute approximate surface area is 162 Å². The van der Waals surface area contributed by atoms with Gasteiger partial charge in [-0.15, -0.1) is 0 Å². The van der Waals surface area contributed by atoms with Crippen molar-refractivity contribution in [1.82, 2.24) is 14.9 Å². The molecule has 7 nitrogen and oxygen atoms in total. The quantitative estimate of drug-likeness (QED) is 0.769. The predicted octanol–water partition coefficient (Wildman–Crippen LogP) is 1.69. The molecule has 0 bridgehead atoms. The van der Waals surface area contributed by atoms with Crippen molar-refractivity contribution in [2.24, 2.45) is 0 Å². The average Bonchev–Trinajstić information content (AvgIpc) is 3.14. The topological polar surface area (TPSA) is 81.8 Å². The van der Waals surface area contributed by atoms with Crippen molar-refractivity contribution in [3.05, 3.63) is 29.8 Å². The Hall–Kier alpha value is -1.80. The van der Waals surface area contributed by atoms with Crippen LogP contribution < -0.4 is 15.5 Å². The summed E-state index contributed by atoms with van der Waals surface area (Å²) in [6.07, 6.45) is 4.32. The fraction of sp³-hybridized carbons (Fsp3) is 0.632. The molecule has 27 heavy (non-hydrogen) atoms. The molecular weight excluding hydrogens is 364 g/mol. The van der Waals surface area contributed by atoms with Gasteiger partial charge in [0.1, 0.15) is 0 Å². The van der Waals surface area contributed by atoms with Crippen molar-refractivity contribution >= 4 is 21.7 Å². The minimum atomic E-state index is -3.36. The summed E-state index contributed by atoms with van der Waals surface area (Å²) in [6.45, 7) is 4.50. The summed E-state index contributed by atoms with van der Waals surface area (Å²) in [4.78, 5) is 14.1. The van der Waals surface area contributed by atoms with Crippen molar-refractivity contribution < 1.29 is 13.2 Å². The van der Waals surface area contributed by atoms with Crippen LogP contribution in [0.2, 0.25) is 0 Å². The van der Waals surface area contributed by atoms with Crippen molar-refractivity contribution in [2.75, 3.05) is 43.4 Å². The fourth-order valence-electron chi connectivity index (χ4n) is 3.78. The van der Waals surface area contributed by atoms with Gasteiger partial charge < -0.3 is 15.5 Å². The van der Waals surface area contributed by atoms with Crippen LogP contribution in [0.15, 0.2) is 24.3 Å². The van der Waals surface area contributed by atoms with Crippen LogP contribution in [0, 0.1) is 6.92 Å². The van der Waals surface area contributed by atoms with Crippen LogP contribution in [-0.4, -0.2) is 63.3 Å². The molecule has 2 N–H and O–H groups in total. The van der Waals surface area contributed by atoms with Crippen LogP contribution in [0.4, 0.5) is 10.5 Å². The van der Waals surface area contributed by atoms with Gasteiger partial charge in [0.2, 0.25) is 10.0 Å². The van der Waals surface area contributed by atoms with E-state index in [1.807, 2.05) is 6.07 Å². The highest BCUT2D eigenvalue weighted by Gasteiger charge is 2.27. The Morgan fingerprint density at radius 1 is 1.15 bits per heavy atom. The summed E-state index contributed by atoms with van der Waals surface area (Å²) in [5.41, 5.74) is 2.34. The number of amides is 2. The number of carbonyl (C=O) groups is 1. The molecule has 3 rings (SSSR count). The Balaban J connectivity index is 1.42. The first-order valence-corrected chi connectivity index (χ1v) is 11.4. The third-order valence-corrected chi connectivity index (χ3v) is 7.21. The molecule has 150 valence electrons. The Kier molecular flexibility index (Phi) is 6.59. The van der Waals surface area contributed by atoms with E-state index >= 15 is 0 Å². The van der Waals surface area contributed by atoms with Gasteiger partial charge >= 0.3 is 6.03 Å². The highest BCUT2D eigenvalue weighted by atomic mass is 32.2. The number of nitrogens with zero attached hydrogens (tertiary/aromatic N) is 2. The zero-order chi connectivity index (χ0) is 19.3. The number of anilines is 1. The Morgan fingerprint density at radius 3 is 2.52 bits per heavy atom. The fourth-order valence-corrected chi connectivity index (χ4v) is 5.12. The van der Waals surface area contributed by atoms with Crippen LogP contribution in [0.1, 0.15) is 31.2 Å². The number of nitrogens with one attached hydrogen (secondary N) is 2. The number of urea groups is 1. The van der Waals surface area contributed by atoms with E-state index in [2.05, 4.69) is 40.7 Å². The molecule has 0 aromatic heterocycles. The third kappa shape index (κ3) is 5.59. The first-order chi connectivity index (χ1) is 12.9. The molecule has 0 unspecified atom stereocenters. The zero-order valence-electron chi connectivity index (χ0n) is 16.0. The third-order valence-electron chi connectivity index (χ3n) is 5.33. The molecule has 1 aromatic rings. The van der Waals surface area contributed by atoms with Gasteiger partial charge in [-0.3, -0.25) is 0 Å². The molecular formula is C19H30N4O3S. The lowest BCUT2D eigenvalue weighted by Crippen LogP contribution is -2.50. The van der Waals surface area contributed by atoms with Crippen molar-refractivity contribution in [2.45, 2.75) is 38.6 Å². The van der Waals surface area contributed by atoms with E-state index in [1.165, 1.54) is 9.87 Å². The van der Waals surface area contributed by atoms with Gasteiger partial charge in [0, 0.05) is 44.5 Å². The smallest absolute Gasteiger partial charge is 0.315 e. The second-order valence-corrected chi connectivity index (χ2v) is 9.51. The van der Waals surface area contributed by atoms with Crippen molar-refractivity contribution in [3.8, 4) is 0 Å². The predicted molar refractivity (Wildman–Crippen MR) is 108 cm³/mol. The molecule has 1 aliphatic carbocycles. The summed E-state index contributed by atoms with van der Waals surface area (Å²) >= 11 is 0. The Bertz CT molecular complexity index is 739. The van der Waals surface area contributed by atoms with Gasteiger partial charge in [0.05, 0.1) is 5.75 Å². The summed E-state index contributed by atoms with van der Waals surface area (Å²) in [5.74, 6) is -0.0600. The van der Waals surface area contributed by atoms with Crippen LogP contribution in [0.3, 0.4) is 0 Å². The van der Waals surface area contributed by atoms with Crippen molar-refractivity contribution in [1.29, 1.82) is 0 Å². The lowest BCUT2D eigenvalue weighted by Gasteiger charge is -2.35. The van der Waals surface area contributed by atoms with Gasteiger partial charge in [-0.05, 0) is 37.5 Å². The number of hydrogen-bond acceptors (Lipinski definition) is 4. The Morgan fingerprint density at radius 2 is 1.85 bits per heavy atom. The molecule has 1 saturated carbocycles. The highest BCUT2D eigenvalue weighted by Crippen LogP contribution is 2.19. The molecule has 2 fully saturated rings. The van der Waals surface area contributed by atoms with Crippen LogP contribution in [0.5, 0.6) is 0 Å². The van der Waals surface area contributed by atoms with E-state index in [-0.39, 0.29) is 24.4 Å². The molecule has 2 amide bonds. The van der Waals surface area contributed by atoms with Gasteiger partial charge in [0.15, 0.2) is 0 Å². The zero-order valence-corrected chi connectivity index (χ0v) is 16.8. The van der Waals surface area contributed by atoms with Crippen LogP contribution >= 0.6 is 0 Å². The first kappa shape index (κ1) is 19.9. The molecule has 1 saturated heterocycles. The lowest BCUT2D eigenvalue weighted by molar-refractivity contribution is 0.237. The summed E-state index contributed by atoms with van der Waals surface area (Å²) in [6, 6.07) is 8.23. The van der Waals surface area contributed by atoms with Crippen LogP contribution in [-0.2, 0) is 10.0 Å². The monoisotopic (exact) mass is 394 g/mol. The molecule has 0 radical (unpaired) electrons. The van der Waals surface area contributed by atoms with Crippen molar-refractivity contribution in [3.63, 3.8) is 0 Å². The highest BCUT2D eigenvalue weighted by molar-refractivity contribution is 7.89. The summed E-state index contributed by atoms with van der Waals surface area (Å²) in [5, 5.41) is 5.59. The second kappa shape index (κ2) is 8.93. The van der Waals surface area contributed by atoms with Gasteiger partial charge in [0.25, 0.3) is 0 Å². The molecule has 8 heteroatoms. The van der Waals surface area contributed by atoms with Gasteiger partial charge in [-0.25, -0.2) is 13.2 Å². The molecule has 1 aromatic carbocycles. The number of rotatable bonds is 6. The maximum absolute atomic E-state index is 12.5. The number of piperazine rings is 1. The molecule has 1 aliphatic heterocycles. The van der Waals surface area contributed by atoms with E-state index < -0.39 is 10.0 Å². The van der Waals surface area contributed by atoms with E-state index in [0.717, 1.165) is 31.4 Å². The number of hydrogen-bond donors (Lipinski definition) is 2. The lowest BCUT2D eigenvalue weighted by atomic mass is 10.2. The van der Waals surface area contributed by atoms with Gasteiger partial charge in [-0.1, -0.05) is 25.0 Å². The van der Waals surface area contributed by atoms with E-state index in [0.29, 0.717) is 26.2 Å². The van der Waals surface area contributed by atoms with E-state index in [1.54, 1.807) is 0 Å². The summed E-state index contributed by atoms with van der Waals surface area (Å²) < 4.78 is 26.6. The number of aryl methyl sites for hydroxylation is 1. The van der Waals surface area contributed by atoms with E-state index in [4.69, 9.17) is 0 Å². The molecule has 1 heterocycles. The number of sulfonamides is 1. The second-order valence-electron chi connectivity index (χ2n) is 7.42. The van der Waals surface area contributed by atoms with Gasteiger partial charge in [-0.2, -0.15) is 4.31 Å². The molecule has 0 spiro atoms. The standard InChI is InChI=1S/C19H30N4O3S/c1-16-5-4-8-18(15-16)22-10-12-23(13-11-22)27(25,26)14-9-20-19(24)21-17-6-2-3-7-17/h4-5,8,15,17H,2-3,6-7,9-14H2,1H3,(H2,20,21,24). The first-order valence-electron chi connectivity index (χ1n) is 9.78. The largest absolute Gasteiger partial charge is 0.369 e. The SMILES string of the molecule is Cc1cccc(N2CCN(S(=O)(=O)CCNC(=O)NC3CCCC3)CC2)c1. The average molecular weight is 395 g/mol. The normalized spacial score (nSPS) is 19.2. The maximum atomic E-state index is 12.5.